The van der Waals surface area contributed by atoms with Crippen LogP contribution < -0.4 is 0 Å². The summed E-state index contributed by atoms with van der Waals surface area (Å²) in [7, 11) is 4.33. The van der Waals surface area contributed by atoms with Gasteiger partial charge in [-0.15, -0.1) is 0 Å². The average molecular weight is 242 g/mol. The third-order valence-corrected chi connectivity index (χ3v) is 3.93. The highest BCUT2D eigenvalue weighted by Crippen LogP contribution is 2.22. The van der Waals surface area contributed by atoms with Crippen molar-refractivity contribution < 1.29 is 5.11 Å². The smallest absolute Gasteiger partial charge is 0.0600 e. The molecule has 3 nitrogen and oxygen atoms in total. The summed E-state index contributed by atoms with van der Waals surface area (Å²) in [4.78, 5) is 4.83. The summed E-state index contributed by atoms with van der Waals surface area (Å²) in [5, 5.41) is 10.1. The van der Waals surface area contributed by atoms with Gasteiger partial charge in [0.05, 0.1) is 6.10 Å². The van der Waals surface area contributed by atoms with E-state index in [-0.39, 0.29) is 11.5 Å². The summed E-state index contributed by atoms with van der Waals surface area (Å²) >= 11 is 0. The maximum Gasteiger partial charge on any atom is 0.0600 e. The molecule has 2 unspecified atom stereocenters. The standard InChI is InChI=1S/C14H30N2O/c1-14(2,3)13(17)8-10-16-9-6-7-12(11-16)15(4)5/h12-13,17H,6-11H2,1-5H3. The molecule has 1 heterocycles. The van der Waals surface area contributed by atoms with E-state index in [2.05, 4.69) is 44.7 Å². The molecule has 2 atom stereocenters. The highest BCUT2D eigenvalue weighted by Gasteiger charge is 2.25. The van der Waals surface area contributed by atoms with Crippen LogP contribution in [0.5, 0.6) is 0 Å². The van der Waals surface area contributed by atoms with Gasteiger partial charge in [0.1, 0.15) is 0 Å². The van der Waals surface area contributed by atoms with Crippen LogP contribution in [0.25, 0.3) is 0 Å². The second-order valence-corrected chi connectivity index (χ2v) is 6.73. The number of piperidine rings is 1. The second-order valence-electron chi connectivity index (χ2n) is 6.73. The minimum atomic E-state index is -0.192. The van der Waals surface area contributed by atoms with E-state index in [0.29, 0.717) is 6.04 Å². The van der Waals surface area contributed by atoms with Gasteiger partial charge in [-0.2, -0.15) is 0 Å². The van der Waals surface area contributed by atoms with Crippen LogP contribution in [0.4, 0.5) is 0 Å². The molecule has 3 heteroatoms. The molecular weight excluding hydrogens is 212 g/mol. The van der Waals surface area contributed by atoms with Crippen LogP contribution in [-0.2, 0) is 0 Å². The van der Waals surface area contributed by atoms with E-state index in [1.165, 1.54) is 19.4 Å². The lowest BCUT2D eigenvalue weighted by Gasteiger charge is -2.37. The minimum absolute atomic E-state index is 0.0107. The van der Waals surface area contributed by atoms with E-state index >= 15 is 0 Å². The van der Waals surface area contributed by atoms with Crippen molar-refractivity contribution in [1.29, 1.82) is 0 Å². The first-order valence-electron chi connectivity index (χ1n) is 6.87. The summed E-state index contributed by atoms with van der Waals surface area (Å²) in [6.07, 6.45) is 3.30. The molecule has 0 radical (unpaired) electrons. The van der Waals surface area contributed by atoms with E-state index < -0.39 is 0 Å². The first-order chi connectivity index (χ1) is 7.80. The second kappa shape index (κ2) is 6.17. The predicted octanol–water partition coefficient (Wildman–Crippen LogP) is 1.81. The van der Waals surface area contributed by atoms with Crippen LogP contribution in [0.1, 0.15) is 40.0 Å². The van der Waals surface area contributed by atoms with Gasteiger partial charge < -0.3 is 14.9 Å². The number of hydrogen-bond donors (Lipinski definition) is 1. The van der Waals surface area contributed by atoms with Gasteiger partial charge in [0, 0.05) is 19.1 Å². The van der Waals surface area contributed by atoms with Gasteiger partial charge in [0.15, 0.2) is 0 Å². The molecular formula is C14H30N2O. The Labute approximate surface area is 107 Å². The van der Waals surface area contributed by atoms with Crippen LogP contribution in [0.2, 0.25) is 0 Å². The maximum atomic E-state index is 10.1. The van der Waals surface area contributed by atoms with E-state index in [9.17, 15) is 5.11 Å². The summed E-state index contributed by atoms with van der Waals surface area (Å²) in [6.45, 7) is 9.71. The van der Waals surface area contributed by atoms with Crippen LogP contribution in [0, 0.1) is 5.41 Å². The number of aliphatic hydroxyl groups is 1. The fraction of sp³-hybridized carbons (Fsp3) is 1.00. The molecule has 1 rings (SSSR count). The van der Waals surface area contributed by atoms with Gasteiger partial charge >= 0.3 is 0 Å². The number of likely N-dealkylation sites (N-methyl/N-ethyl adjacent to an activating group) is 1. The lowest BCUT2D eigenvalue weighted by atomic mass is 9.87. The van der Waals surface area contributed by atoms with Gasteiger partial charge in [0.25, 0.3) is 0 Å². The number of likely N-dealkylation sites (tertiary alicyclic amines) is 1. The van der Waals surface area contributed by atoms with E-state index in [0.717, 1.165) is 19.5 Å². The maximum absolute atomic E-state index is 10.1. The zero-order valence-corrected chi connectivity index (χ0v) is 12.2. The monoisotopic (exact) mass is 242 g/mol. The fourth-order valence-electron chi connectivity index (χ4n) is 2.39. The topological polar surface area (TPSA) is 26.7 Å². The number of rotatable bonds is 4. The van der Waals surface area contributed by atoms with Crippen LogP contribution in [0.15, 0.2) is 0 Å². The van der Waals surface area contributed by atoms with Gasteiger partial charge in [-0.05, 0) is 45.3 Å². The van der Waals surface area contributed by atoms with Crippen molar-refractivity contribution in [2.75, 3.05) is 33.7 Å². The molecule has 1 saturated heterocycles. The Morgan fingerprint density at radius 1 is 1.35 bits per heavy atom. The van der Waals surface area contributed by atoms with Crippen molar-refractivity contribution in [3.05, 3.63) is 0 Å². The zero-order valence-electron chi connectivity index (χ0n) is 12.2. The summed E-state index contributed by atoms with van der Waals surface area (Å²) < 4.78 is 0. The van der Waals surface area contributed by atoms with Crippen LogP contribution in [0.3, 0.4) is 0 Å². The lowest BCUT2D eigenvalue weighted by molar-refractivity contribution is 0.0382. The van der Waals surface area contributed by atoms with Gasteiger partial charge in [0.2, 0.25) is 0 Å². The van der Waals surface area contributed by atoms with Crippen molar-refractivity contribution in [2.45, 2.75) is 52.2 Å². The summed E-state index contributed by atoms with van der Waals surface area (Å²) in [5.41, 5.74) is 0.0107. The predicted molar refractivity (Wildman–Crippen MR) is 73.2 cm³/mol. The largest absolute Gasteiger partial charge is 0.393 e. The average Bonchev–Trinajstić information content (AvgIpc) is 2.25. The van der Waals surface area contributed by atoms with E-state index in [1.54, 1.807) is 0 Å². The summed E-state index contributed by atoms with van der Waals surface area (Å²) in [6, 6.07) is 0.690. The quantitative estimate of drug-likeness (QED) is 0.814. The number of aliphatic hydroxyl groups excluding tert-OH is 1. The Bertz CT molecular complexity index is 223. The molecule has 1 fully saturated rings. The Hall–Kier alpha value is -0.120. The Kier molecular flexibility index (Phi) is 5.42. The molecule has 0 amide bonds. The Morgan fingerprint density at radius 2 is 2.00 bits per heavy atom. The zero-order chi connectivity index (χ0) is 13.1. The van der Waals surface area contributed by atoms with Crippen molar-refractivity contribution in [2.24, 2.45) is 5.41 Å². The molecule has 0 aromatic heterocycles. The molecule has 1 aliphatic rings. The Balaban J connectivity index is 2.32. The molecule has 0 spiro atoms. The van der Waals surface area contributed by atoms with Crippen LogP contribution in [-0.4, -0.2) is 60.8 Å². The van der Waals surface area contributed by atoms with Gasteiger partial charge in [-0.25, -0.2) is 0 Å². The van der Waals surface area contributed by atoms with Crippen molar-refractivity contribution in [3.63, 3.8) is 0 Å². The molecule has 17 heavy (non-hydrogen) atoms. The molecule has 0 aromatic rings. The third kappa shape index (κ3) is 4.94. The van der Waals surface area contributed by atoms with Crippen molar-refractivity contribution >= 4 is 0 Å². The van der Waals surface area contributed by atoms with Crippen molar-refractivity contribution in [1.82, 2.24) is 9.80 Å². The Morgan fingerprint density at radius 3 is 2.53 bits per heavy atom. The minimum Gasteiger partial charge on any atom is -0.393 e. The molecule has 1 aliphatic heterocycles. The highest BCUT2D eigenvalue weighted by atomic mass is 16.3. The summed E-state index contributed by atoms with van der Waals surface area (Å²) in [5.74, 6) is 0. The van der Waals surface area contributed by atoms with Crippen molar-refractivity contribution in [3.8, 4) is 0 Å². The molecule has 0 saturated carbocycles. The fourth-order valence-corrected chi connectivity index (χ4v) is 2.39. The van der Waals surface area contributed by atoms with E-state index in [4.69, 9.17) is 0 Å². The molecule has 0 bridgehead atoms. The first-order valence-corrected chi connectivity index (χ1v) is 6.87. The van der Waals surface area contributed by atoms with Gasteiger partial charge in [-0.3, -0.25) is 0 Å². The lowest BCUT2D eigenvalue weighted by Crippen LogP contribution is -2.46. The van der Waals surface area contributed by atoms with Gasteiger partial charge in [-0.1, -0.05) is 20.8 Å². The van der Waals surface area contributed by atoms with E-state index in [1.807, 2.05) is 0 Å². The first kappa shape index (κ1) is 14.9. The number of nitrogens with zero attached hydrogens (tertiary/aromatic N) is 2. The number of hydrogen-bond acceptors (Lipinski definition) is 3. The molecule has 0 aliphatic carbocycles. The third-order valence-electron chi connectivity index (χ3n) is 3.93. The normalized spacial score (nSPS) is 25.2. The highest BCUT2D eigenvalue weighted by molar-refractivity contribution is 4.80. The molecule has 1 N–H and O–H groups in total. The molecule has 0 aromatic carbocycles. The van der Waals surface area contributed by atoms with Crippen LogP contribution >= 0.6 is 0 Å². The molecule has 102 valence electrons. The SMILES string of the molecule is CN(C)C1CCCN(CCC(O)C(C)(C)C)C1.